The van der Waals surface area contributed by atoms with E-state index in [0.717, 1.165) is 17.0 Å². The van der Waals surface area contributed by atoms with E-state index in [9.17, 15) is 0 Å². The smallest absolute Gasteiger partial charge is 0.191 e. The van der Waals surface area contributed by atoms with Crippen LogP contribution in [-0.4, -0.2) is 44.6 Å². The third-order valence-corrected chi connectivity index (χ3v) is 5.27. The lowest BCUT2D eigenvalue weighted by molar-refractivity contribution is 0.125. The molecule has 1 fully saturated rings. The van der Waals surface area contributed by atoms with Crippen LogP contribution in [0.2, 0.25) is 0 Å². The fourth-order valence-electron chi connectivity index (χ4n) is 3.01. The predicted molar refractivity (Wildman–Crippen MR) is 99.8 cm³/mol. The number of likely N-dealkylation sites (tertiary alicyclic amines) is 1. The topological polar surface area (TPSA) is 39.7 Å². The Morgan fingerprint density at radius 2 is 2.36 bits per heavy atom. The molecule has 0 aliphatic carbocycles. The number of piperidine rings is 1. The highest BCUT2D eigenvalue weighted by Gasteiger charge is 2.31. The Morgan fingerprint density at radius 1 is 1.55 bits per heavy atom. The Hall–Kier alpha value is -0.850. The number of thiophene rings is 1. The molecular weight excluding hydrogens is 360 g/mol. The van der Waals surface area contributed by atoms with Gasteiger partial charge in [-0.25, -0.2) is 0 Å². The summed E-state index contributed by atoms with van der Waals surface area (Å²) in [6.07, 6.45) is 2.51. The Bertz CT molecular complexity index is 500. The first kappa shape index (κ1) is 17.5. The lowest BCUT2D eigenvalue weighted by Gasteiger charge is -2.39. The van der Waals surface area contributed by atoms with Gasteiger partial charge in [0.2, 0.25) is 0 Å². The van der Waals surface area contributed by atoms with Crippen LogP contribution in [0.4, 0.5) is 0 Å². The number of halogens is 1. The molecule has 0 saturated carbocycles. The molecule has 6 heteroatoms. The van der Waals surface area contributed by atoms with Crippen LogP contribution in [0.25, 0.3) is 0 Å². The Kier molecular flexibility index (Phi) is 6.92. The summed E-state index contributed by atoms with van der Waals surface area (Å²) >= 11 is 5.22. The second kappa shape index (κ2) is 8.70. The van der Waals surface area contributed by atoms with Gasteiger partial charge in [-0.3, -0.25) is 9.89 Å². The second-order valence-corrected chi connectivity index (χ2v) is 7.77. The zero-order valence-corrected chi connectivity index (χ0v) is 15.7. The van der Waals surface area contributed by atoms with E-state index in [1.165, 1.54) is 24.3 Å². The summed E-state index contributed by atoms with van der Waals surface area (Å²) in [5.74, 6) is 1.43. The Labute approximate surface area is 145 Å². The van der Waals surface area contributed by atoms with Crippen LogP contribution < -0.4 is 10.6 Å². The molecule has 122 valence electrons. The van der Waals surface area contributed by atoms with E-state index in [0.29, 0.717) is 18.5 Å². The maximum absolute atomic E-state index is 4.27. The first-order chi connectivity index (χ1) is 10.6. The van der Waals surface area contributed by atoms with Crippen molar-refractivity contribution in [1.82, 2.24) is 15.5 Å². The summed E-state index contributed by atoms with van der Waals surface area (Å²) in [5.41, 5.74) is 0. The highest BCUT2D eigenvalue weighted by Crippen LogP contribution is 2.36. The van der Waals surface area contributed by atoms with Gasteiger partial charge in [0, 0.05) is 35.5 Å². The quantitative estimate of drug-likeness (QED) is 0.604. The van der Waals surface area contributed by atoms with Crippen molar-refractivity contribution >= 4 is 33.2 Å². The van der Waals surface area contributed by atoms with Crippen LogP contribution in [-0.2, 0) is 0 Å². The molecule has 2 unspecified atom stereocenters. The number of aliphatic imine (C=N–C) groups is 1. The maximum Gasteiger partial charge on any atom is 0.191 e. The molecule has 2 rings (SSSR count). The van der Waals surface area contributed by atoms with E-state index in [-0.39, 0.29) is 0 Å². The molecule has 0 aromatic carbocycles. The number of nitrogens with zero attached hydrogens (tertiary/aromatic N) is 2. The zero-order valence-electron chi connectivity index (χ0n) is 13.3. The van der Waals surface area contributed by atoms with Crippen molar-refractivity contribution in [2.45, 2.75) is 18.9 Å². The van der Waals surface area contributed by atoms with Crippen LogP contribution in [0.5, 0.6) is 0 Å². The molecule has 4 nitrogen and oxygen atoms in total. The molecule has 2 heterocycles. The second-order valence-electron chi connectivity index (χ2n) is 5.67. The molecule has 0 spiro atoms. The van der Waals surface area contributed by atoms with Crippen molar-refractivity contribution in [3.05, 3.63) is 33.5 Å². The normalized spacial score (nSPS) is 23.3. The minimum absolute atomic E-state index is 0.505. The minimum atomic E-state index is 0.505. The van der Waals surface area contributed by atoms with Crippen LogP contribution in [0.1, 0.15) is 23.8 Å². The minimum Gasteiger partial charge on any atom is -0.356 e. The van der Waals surface area contributed by atoms with Gasteiger partial charge in [-0.05, 0) is 43.8 Å². The summed E-state index contributed by atoms with van der Waals surface area (Å²) in [6.45, 7) is 6.62. The van der Waals surface area contributed by atoms with Crippen molar-refractivity contribution in [1.29, 1.82) is 0 Å². The number of hydrogen-bond donors (Lipinski definition) is 2. The summed E-state index contributed by atoms with van der Waals surface area (Å²) in [6, 6.07) is 4.91. The fraction of sp³-hybridized carbons (Fsp3) is 0.562. The predicted octanol–water partition coefficient (Wildman–Crippen LogP) is 3.20. The van der Waals surface area contributed by atoms with Gasteiger partial charge in [0.1, 0.15) is 0 Å². The molecule has 22 heavy (non-hydrogen) atoms. The Morgan fingerprint density at radius 3 is 3.00 bits per heavy atom. The largest absolute Gasteiger partial charge is 0.356 e. The highest BCUT2D eigenvalue weighted by molar-refractivity contribution is 9.11. The summed E-state index contributed by atoms with van der Waals surface area (Å²) in [4.78, 5) is 8.22. The van der Waals surface area contributed by atoms with E-state index in [1.807, 2.05) is 11.3 Å². The summed E-state index contributed by atoms with van der Waals surface area (Å²) < 4.78 is 0.921. The average Bonchev–Trinajstić information content (AvgIpc) is 3.01. The van der Waals surface area contributed by atoms with Gasteiger partial charge in [0.15, 0.2) is 5.96 Å². The van der Waals surface area contributed by atoms with Crippen molar-refractivity contribution in [3.8, 4) is 0 Å². The Balaban J connectivity index is 1.95. The molecular formula is C16H25BrN4S. The van der Waals surface area contributed by atoms with E-state index in [4.69, 9.17) is 0 Å². The van der Waals surface area contributed by atoms with Gasteiger partial charge in [-0.15, -0.1) is 11.3 Å². The molecule has 1 aromatic heterocycles. The van der Waals surface area contributed by atoms with Crippen LogP contribution >= 0.6 is 27.3 Å². The average molecular weight is 385 g/mol. The molecule has 1 aliphatic heterocycles. The van der Waals surface area contributed by atoms with Crippen LogP contribution in [0.3, 0.4) is 0 Å². The van der Waals surface area contributed by atoms with Crippen molar-refractivity contribution in [2.75, 3.05) is 33.7 Å². The van der Waals surface area contributed by atoms with Crippen LogP contribution in [0, 0.1) is 5.92 Å². The van der Waals surface area contributed by atoms with Gasteiger partial charge >= 0.3 is 0 Å². The number of hydrogen-bond acceptors (Lipinski definition) is 3. The van der Waals surface area contributed by atoms with Crippen molar-refractivity contribution in [2.24, 2.45) is 10.9 Å². The molecule has 2 atom stereocenters. The van der Waals surface area contributed by atoms with Crippen LogP contribution in [0.15, 0.2) is 33.6 Å². The molecule has 0 radical (unpaired) electrons. The van der Waals surface area contributed by atoms with Crippen molar-refractivity contribution < 1.29 is 0 Å². The zero-order chi connectivity index (χ0) is 15.9. The molecule has 1 aliphatic rings. The molecule has 1 aromatic rings. The third-order valence-electron chi connectivity index (χ3n) is 4.04. The standard InChI is InChI=1S/C16H25BrN4S/c1-12(17)10-19-16(18-2)20-11-13-6-4-8-21(3)15(13)14-7-5-9-22-14/h5,7,9,13,15H,1,4,6,8,10-11H2,2-3H3,(H2,18,19,20). The van der Waals surface area contributed by atoms with Gasteiger partial charge < -0.3 is 10.6 Å². The molecule has 0 bridgehead atoms. The number of guanidine groups is 1. The van der Waals surface area contributed by atoms with Crippen molar-refractivity contribution in [3.63, 3.8) is 0 Å². The summed E-state index contributed by atoms with van der Waals surface area (Å²) in [5, 5.41) is 8.88. The molecule has 1 saturated heterocycles. The summed E-state index contributed by atoms with van der Waals surface area (Å²) in [7, 11) is 4.04. The first-order valence-corrected chi connectivity index (χ1v) is 9.30. The van der Waals surface area contributed by atoms with E-state index >= 15 is 0 Å². The molecule has 0 amide bonds. The lowest BCUT2D eigenvalue weighted by Crippen LogP contribution is -2.45. The maximum atomic E-state index is 4.27. The number of rotatable bonds is 5. The van der Waals surface area contributed by atoms with E-state index in [2.05, 4.69) is 67.6 Å². The fourth-order valence-corrected chi connectivity index (χ4v) is 4.13. The van der Waals surface area contributed by atoms with E-state index < -0.39 is 0 Å². The highest BCUT2D eigenvalue weighted by atomic mass is 79.9. The van der Waals surface area contributed by atoms with E-state index in [1.54, 1.807) is 7.05 Å². The lowest BCUT2D eigenvalue weighted by atomic mass is 9.88. The van der Waals surface area contributed by atoms with Gasteiger partial charge in [0.25, 0.3) is 0 Å². The third kappa shape index (κ3) is 4.83. The van der Waals surface area contributed by atoms with Gasteiger partial charge in [-0.2, -0.15) is 0 Å². The van der Waals surface area contributed by atoms with Gasteiger partial charge in [0.05, 0.1) is 0 Å². The van der Waals surface area contributed by atoms with Gasteiger partial charge in [-0.1, -0.05) is 28.6 Å². The first-order valence-electron chi connectivity index (χ1n) is 7.63. The monoisotopic (exact) mass is 384 g/mol. The number of nitrogens with one attached hydrogen (secondary N) is 2. The molecule has 2 N–H and O–H groups in total. The SMILES string of the molecule is C=C(Br)CNC(=NC)NCC1CCCN(C)C1c1cccs1.